The van der Waals surface area contributed by atoms with Crippen molar-refractivity contribution < 1.29 is 28.7 Å². The molecule has 0 fully saturated rings. The summed E-state index contributed by atoms with van der Waals surface area (Å²) >= 11 is 0. The maximum absolute atomic E-state index is 11.8. The molecule has 0 aromatic carbocycles. The zero-order valence-corrected chi connectivity index (χ0v) is 11.3. The number of methoxy groups -OCH3 is 1. The van der Waals surface area contributed by atoms with Crippen LogP contribution in [0.3, 0.4) is 0 Å². The van der Waals surface area contributed by atoms with E-state index < -0.39 is 18.1 Å². The number of esters is 1. The van der Waals surface area contributed by atoms with Gasteiger partial charge in [-0.3, -0.25) is 4.90 Å². The molecule has 0 saturated carbocycles. The molecule has 8 heteroatoms. The summed E-state index contributed by atoms with van der Waals surface area (Å²) in [5, 5.41) is 13.1. The molecule has 2 heterocycles. The topological polar surface area (TPSA) is 102 Å². The maximum atomic E-state index is 11.8. The first-order valence-corrected chi connectivity index (χ1v) is 6.05. The molecule has 1 aliphatic heterocycles. The van der Waals surface area contributed by atoms with E-state index in [2.05, 4.69) is 16.5 Å². The van der Waals surface area contributed by atoms with Gasteiger partial charge in [0, 0.05) is 5.56 Å². The fraction of sp³-hybridized carbons (Fsp3) is 0.308. The predicted molar refractivity (Wildman–Crippen MR) is 70.9 cm³/mol. The van der Waals surface area contributed by atoms with Crippen LogP contribution in [0.2, 0.25) is 0 Å². The Balaban J connectivity index is 2.43. The van der Waals surface area contributed by atoms with Crippen LogP contribution in [0.1, 0.15) is 17.4 Å². The Labute approximate surface area is 120 Å². The van der Waals surface area contributed by atoms with Gasteiger partial charge in [-0.15, -0.1) is 0 Å². The third kappa shape index (κ3) is 2.73. The van der Waals surface area contributed by atoms with Gasteiger partial charge in [-0.1, -0.05) is 17.8 Å². The number of carbonyl (C=O) groups excluding carboxylic acids is 1. The highest BCUT2D eigenvalue weighted by Crippen LogP contribution is 2.32. The molecule has 0 radical (unpaired) electrons. The minimum atomic E-state index is -1.29. The van der Waals surface area contributed by atoms with Crippen LogP contribution in [0.4, 0.5) is 4.79 Å². The van der Waals surface area contributed by atoms with E-state index in [9.17, 15) is 14.7 Å². The molecule has 1 aromatic rings. The summed E-state index contributed by atoms with van der Waals surface area (Å²) in [6.45, 7) is 3.56. The van der Waals surface area contributed by atoms with E-state index in [0.29, 0.717) is 11.3 Å². The lowest BCUT2D eigenvalue weighted by atomic mass is 9.99. The van der Waals surface area contributed by atoms with Gasteiger partial charge < -0.3 is 19.1 Å². The Hall–Kier alpha value is -2.77. The first kappa shape index (κ1) is 14.6. The fourth-order valence-corrected chi connectivity index (χ4v) is 2.02. The number of hydrogen-bond acceptors (Lipinski definition) is 6. The quantitative estimate of drug-likeness (QED) is 0.390. The molecule has 1 unspecified atom stereocenters. The number of amides is 1. The average Bonchev–Trinajstić information content (AvgIpc) is 2.95. The smallest absolute Gasteiger partial charge is 0.408 e. The van der Waals surface area contributed by atoms with Crippen molar-refractivity contribution >= 4 is 17.8 Å². The Kier molecular flexibility index (Phi) is 4.27. The van der Waals surface area contributed by atoms with E-state index in [1.807, 2.05) is 0 Å². The van der Waals surface area contributed by atoms with Gasteiger partial charge in [0.05, 0.1) is 19.9 Å². The number of carboxylic acid groups (broad SMARTS) is 1. The molecular formula is C13H14N2O6. The SMILES string of the molecule is C=CCON=C1CN(C(=O)O)C(C(=O)OC)c2occc21. The highest BCUT2D eigenvalue weighted by atomic mass is 16.6. The zero-order valence-electron chi connectivity index (χ0n) is 11.3. The lowest BCUT2D eigenvalue weighted by molar-refractivity contribution is -0.147. The summed E-state index contributed by atoms with van der Waals surface area (Å²) in [5.74, 6) is -0.559. The van der Waals surface area contributed by atoms with Crippen LogP contribution < -0.4 is 0 Å². The van der Waals surface area contributed by atoms with Crippen LogP contribution in [-0.4, -0.2) is 48.0 Å². The molecule has 1 N–H and O–H groups in total. The van der Waals surface area contributed by atoms with Crippen molar-refractivity contribution in [3.8, 4) is 0 Å². The van der Waals surface area contributed by atoms with Crippen molar-refractivity contribution in [2.75, 3.05) is 20.3 Å². The van der Waals surface area contributed by atoms with Crippen molar-refractivity contribution in [1.82, 2.24) is 4.90 Å². The van der Waals surface area contributed by atoms with E-state index in [1.165, 1.54) is 19.4 Å². The standard InChI is InChI=1S/C13H14N2O6/c1-3-5-21-14-9-7-15(13(17)18)10(12(16)19-2)11-8(9)4-6-20-11/h3-4,6,10H,1,5,7H2,2H3,(H,17,18). The lowest BCUT2D eigenvalue weighted by Gasteiger charge is -2.30. The number of rotatable bonds is 4. The van der Waals surface area contributed by atoms with E-state index in [0.717, 1.165) is 4.90 Å². The molecule has 21 heavy (non-hydrogen) atoms. The monoisotopic (exact) mass is 294 g/mol. The number of furan rings is 1. The molecule has 0 saturated heterocycles. The average molecular weight is 294 g/mol. The summed E-state index contributed by atoms with van der Waals surface area (Å²) in [6, 6.07) is 0.441. The molecule has 0 bridgehead atoms. The van der Waals surface area contributed by atoms with E-state index in [-0.39, 0.29) is 18.9 Å². The predicted octanol–water partition coefficient (Wildman–Crippen LogP) is 1.39. The molecule has 1 aromatic heterocycles. The van der Waals surface area contributed by atoms with E-state index in [1.54, 1.807) is 6.07 Å². The zero-order chi connectivity index (χ0) is 15.4. The molecule has 8 nitrogen and oxygen atoms in total. The van der Waals surface area contributed by atoms with Gasteiger partial charge in [0.1, 0.15) is 18.1 Å². The third-order valence-electron chi connectivity index (χ3n) is 2.92. The highest BCUT2D eigenvalue weighted by Gasteiger charge is 2.42. The minimum absolute atomic E-state index is 0.112. The van der Waals surface area contributed by atoms with Gasteiger partial charge >= 0.3 is 12.1 Å². The molecule has 112 valence electrons. The Morgan fingerprint density at radius 1 is 1.67 bits per heavy atom. The van der Waals surface area contributed by atoms with E-state index >= 15 is 0 Å². The van der Waals surface area contributed by atoms with Gasteiger partial charge in [-0.05, 0) is 6.07 Å². The van der Waals surface area contributed by atoms with E-state index in [4.69, 9.17) is 9.25 Å². The van der Waals surface area contributed by atoms with Gasteiger partial charge in [-0.2, -0.15) is 0 Å². The van der Waals surface area contributed by atoms with Crippen LogP contribution >= 0.6 is 0 Å². The number of hydrogen-bond donors (Lipinski definition) is 1. The van der Waals surface area contributed by atoms with Crippen molar-refractivity contribution in [3.63, 3.8) is 0 Å². The van der Waals surface area contributed by atoms with Gasteiger partial charge in [0.2, 0.25) is 0 Å². The van der Waals surface area contributed by atoms with Crippen LogP contribution in [0.5, 0.6) is 0 Å². The van der Waals surface area contributed by atoms with Gasteiger partial charge in [-0.25, -0.2) is 9.59 Å². The molecule has 2 rings (SSSR count). The number of ether oxygens (including phenoxy) is 1. The molecule has 0 aliphatic carbocycles. The fourth-order valence-electron chi connectivity index (χ4n) is 2.02. The third-order valence-corrected chi connectivity index (χ3v) is 2.92. The Morgan fingerprint density at radius 3 is 3.05 bits per heavy atom. The summed E-state index contributed by atoms with van der Waals surface area (Å²) in [4.78, 5) is 29.1. The second-order valence-electron chi connectivity index (χ2n) is 4.16. The molecule has 1 amide bonds. The number of nitrogens with zero attached hydrogens (tertiary/aromatic N) is 2. The van der Waals surface area contributed by atoms with Crippen LogP contribution in [0, 0.1) is 0 Å². The number of fused-ring (bicyclic) bond motifs is 1. The van der Waals surface area contributed by atoms with Crippen molar-refractivity contribution in [1.29, 1.82) is 0 Å². The maximum Gasteiger partial charge on any atom is 0.408 e. The molecule has 0 spiro atoms. The first-order valence-electron chi connectivity index (χ1n) is 6.05. The second kappa shape index (κ2) is 6.12. The van der Waals surface area contributed by atoms with Crippen LogP contribution in [-0.2, 0) is 14.4 Å². The summed E-state index contributed by atoms with van der Waals surface area (Å²) in [6.07, 6.45) is 1.58. The summed E-state index contributed by atoms with van der Waals surface area (Å²) < 4.78 is 9.89. The second-order valence-corrected chi connectivity index (χ2v) is 4.16. The number of carbonyl (C=O) groups is 2. The minimum Gasteiger partial charge on any atom is -0.467 e. The Morgan fingerprint density at radius 2 is 2.43 bits per heavy atom. The van der Waals surface area contributed by atoms with Gasteiger partial charge in [0.25, 0.3) is 0 Å². The highest BCUT2D eigenvalue weighted by molar-refractivity contribution is 6.06. The molecular weight excluding hydrogens is 280 g/mol. The Bertz CT molecular complexity index is 591. The number of oxime groups is 1. The van der Waals surface area contributed by atoms with Gasteiger partial charge in [0.15, 0.2) is 6.04 Å². The van der Waals surface area contributed by atoms with Crippen molar-refractivity contribution in [2.24, 2.45) is 5.16 Å². The lowest BCUT2D eigenvalue weighted by Crippen LogP contribution is -2.45. The van der Waals surface area contributed by atoms with Crippen LogP contribution in [0.15, 0.2) is 34.6 Å². The largest absolute Gasteiger partial charge is 0.467 e. The molecule has 1 atom stereocenters. The first-order chi connectivity index (χ1) is 10.1. The summed E-state index contributed by atoms with van der Waals surface area (Å²) in [5.41, 5.74) is 0.870. The summed E-state index contributed by atoms with van der Waals surface area (Å²) in [7, 11) is 1.18. The van der Waals surface area contributed by atoms with Crippen molar-refractivity contribution in [3.05, 3.63) is 36.3 Å². The molecule has 1 aliphatic rings. The van der Waals surface area contributed by atoms with Crippen molar-refractivity contribution in [2.45, 2.75) is 6.04 Å². The normalized spacial score (nSPS) is 19.0. The van der Waals surface area contributed by atoms with Crippen LogP contribution in [0.25, 0.3) is 0 Å².